The van der Waals surface area contributed by atoms with E-state index in [1.165, 1.54) is 12.1 Å². The molecule has 1 atom stereocenters. The van der Waals surface area contributed by atoms with E-state index < -0.39 is 6.04 Å². The first kappa shape index (κ1) is 18.7. The van der Waals surface area contributed by atoms with Crippen molar-refractivity contribution < 1.29 is 13.9 Å². The Morgan fingerprint density at radius 1 is 1.41 bits per heavy atom. The molecule has 1 heterocycles. The molecule has 1 saturated heterocycles. The molecule has 0 bridgehead atoms. The lowest BCUT2D eigenvalue weighted by atomic mass is 10.1. The molecule has 0 radical (unpaired) electrons. The fourth-order valence-corrected chi connectivity index (χ4v) is 2.33. The maximum absolute atomic E-state index is 13.7. The van der Waals surface area contributed by atoms with Crippen LogP contribution in [0.5, 0.6) is 0 Å². The van der Waals surface area contributed by atoms with Gasteiger partial charge < -0.3 is 20.7 Å². The summed E-state index contributed by atoms with van der Waals surface area (Å²) in [5.74, 6) is -0.659. The molecular weight excluding hydrogens is 309 g/mol. The van der Waals surface area contributed by atoms with Gasteiger partial charge >= 0.3 is 0 Å². The first-order chi connectivity index (χ1) is 10.1. The largest absolute Gasteiger partial charge is 0.378 e. The second kappa shape index (κ2) is 8.92. The summed E-state index contributed by atoms with van der Waals surface area (Å²) in [4.78, 5) is 13.9. The lowest BCUT2D eigenvalue weighted by Gasteiger charge is -2.29. The summed E-state index contributed by atoms with van der Waals surface area (Å²) in [6, 6.07) is 3.98. The second-order valence-corrected chi connectivity index (χ2v) is 5.18. The molecule has 0 saturated carbocycles. The first-order valence-electron chi connectivity index (χ1n) is 7.30. The monoisotopic (exact) mass is 331 g/mol. The number of amides is 1. The average Bonchev–Trinajstić information content (AvgIpc) is 2.47. The van der Waals surface area contributed by atoms with Gasteiger partial charge in [-0.25, -0.2) is 4.39 Å². The highest BCUT2D eigenvalue weighted by Crippen LogP contribution is 2.23. The third kappa shape index (κ3) is 5.12. The van der Waals surface area contributed by atoms with Gasteiger partial charge in [0.2, 0.25) is 5.91 Å². The third-order valence-electron chi connectivity index (χ3n) is 3.46. The van der Waals surface area contributed by atoms with E-state index in [9.17, 15) is 9.18 Å². The van der Waals surface area contributed by atoms with Crippen molar-refractivity contribution in [2.75, 3.05) is 36.5 Å². The fourth-order valence-electron chi connectivity index (χ4n) is 2.33. The van der Waals surface area contributed by atoms with Gasteiger partial charge in [-0.05, 0) is 24.6 Å². The maximum Gasteiger partial charge on any atom is 0.241 e. The quantitative estimate of drug-likeness (QED) is 0.867. The zero-order valence-corrected chi connectivity index (χ0v) is 13.5. The number of anilines is 2. The summed E-state index contributed by atoms with van der Waals surface area (Å²) >= 11 is 0. The highest BCUT2D eigenvalue weighted by Gasteiger charge is 2.16. The Morgan fingerprint density at radius 2 is 2.09 bits per heavy atom. The molecule has 1 fully saturated rings. The normalized spacial score (nSPS) is 15.9. The molecule has 1 aliphatic heterocycles. The summed E-state index contributed by atoms with van der Waals surface area (Å²) in [6.07, 6.45) is 1.44. The maximum atomic E-state index is 13.7. The molecule has 22 heavy (non-hydrogen) atoms. The smallest absolute Gasteiger partial charge is 0.241 e. The first-order valence-corrected chi connectivity index (χ1v) is 7.30. The summed E-state index contributed by atoms with van der Waals surface area (Å²) in [5, 5.41) is 2.68. The Labute approximate surface area is 136 Å². The van der Waals surface area contributed by atoms with E-state index in [1.54, 1.807) is 6.07 Å². The molecule has 1 aromatic rings. The summed E-state index contributed by atoms with van der Waals surface area (Å²) in [5.41, 5.74) is 6.95. The van der Waals surface area contributed by atoms with E-state index in [2.05, 4.69) is 5.32 Å². The van der Waals surface area contributed by atoms with Crippen LogP contribution in [0.3, 0.4) is 0 Å². The van der Waals surface area contributed by atoms with Crippen molar-refractivity contribution in [2.24, 2.45) is 5.73 Å². The molecule has 1 aromatic carbocycles. The molecule has 1 aliphatic rings. The number of hydrogen-bond donors (Lipinski definition) is 2. The summed E-state index contributed by atoms with van der Waals surface area (Å²) in [7, 11) is 0. The molecule has 1 unspecified atom stereocenters. The number of morpholine rings is 1. The van der Waals surface area contributed by atoms with Crippen LogP contribution in [0.4, 0.5) is 15.8 Å². The molecule has 0 aliphatic carbocycles. The number of nitrogens with two attached hydrogens (primary N) is 1. The Hall–Kier alpha value is -1.37. The standard InChI is InChI=1S/C15H22FN3O2.ClH/c1-2-3-14(17)15(20)18-12-8-11(16)9-13(10-12)19-4-6-21-7-5-19;/h8-10,14H,2-7,17H2,1H3,(H,18,20);1H. The molecule has 5 nitrogen and oxygen atoms in total. The average molecular weight is 332 g/mol. The number of rotatable bonds is 5. The second-order valence-electron chi connectivity index (χ2n) is 5.18. The highest BCUT2D eigenvalue weighted by molar-refractivity contribution is 5.95. The Kier molecular flexibility index (Phi) is 7.58. The number of ether oxygens (including phenoxy) is 1. The topological polar surface area (TPSA) is 67.6 Å². The van der Waals surface area contributed by atoms with Crippen LogP contribution in [0.15, 0.2) is 18.2 Å². The fraction of sp³-hybridized carbons (Fsp3) is 0.533. The van der Waals surface area contributed by atoms with Gasteiger partial charge in [0.25, 0.3) is 0 Å². The van der Waals surface area contributed by atoms with Gasteiger partial charge in [-0.2, -0.15) is 0 Å². The van der Waals surface area contributed by atoms with Gasteiger partial charge in [0, 0.05) is 24.5 Å². The third-order valence-corrected chi connectivity index (χ3v) is 3.46. The van der Waals surface area contributed by atoms with Crippen molar-refractivity contribution in [1.82, 2.24) is 0 Å². The number of carbonyl (C=O) groups excluding carboxylic acids is 1. The van der Waals surface area contributed by atoms with Gasteiger partial charge in [0.05, 0.1) is 19.3 Å². The van der Waals surface area contributed by atoms with Gasteiger partial charge in [0.1, 0.15) is 5.82 Å². The van der Waals surface area contributed by atoms with Crippen LogP contribution < -0.4 is 16.0 Å². The van der Waals surface area contributed by atoms with Gasteiger partial charge in [0.15, 0.2) is 0 Å². The van der Waals surface area contributed by atoms with Crippen molar-refractivity contribution in [3.63, 3.8) is 0 Å². The predicted molar refractivity (Wildman–Crippen MR) is 88.2 cm³/mol. The van der Waals surface area contributed by atoms with Crippen LogP contribution in [-0.4, -0.2) is 38.3 Å². The minimum Gasteiger partial charge on any atom is -0.378 e. The summed E-state index contributed by atoms with van der Waals surface area (Å²) < 4.78 is 19.0. The van der Waals surface area contributed by atoms with Crippen molar-refractivity contribution in [3.05, 3.63) is 24.0 Å². The number of halogens is 2. The molecule has 1 amide bonds. The van der Waals surface area contributed by atoms with Gasteiger partial charge in [-0.15, -0.1) is 12.4 Å². The summed E-state index contributed by atoms with van der Waals surface area (Å²) in [6.45, 7) is 4.64. The van der Waals surface area contributed by atoms with E-state index in [-0.39, 0.29) is 24.1 Å². The van der Waals surface area contributed by atoms with E-state index in [4.69, 9.17) is 10.5 Å². The Balaban J connectivity index is 0.00000242. The number of carbonyl (C=O) groups is 1. The molecule has 0 spiro atoms. The number of hydrogen-bond acceptors (Lipinski definition) is 4. The number of nitrogens with one attached hydrogen (secondary N) is 1. The van der Waals surface area contributed by atoms with Crippen molar-refractivity contribution in [3.8, 4) is 0 Å². The zero-order chi connectivity index (χ0) is 15.2. The van der Waals surface area contributed by atoms with Crippen LogP contribution in [-0.2, 0) is 9.53 Å². The van der Waals surface area contributed by atoms with Gasteiger partial charge in [-0.3, -0.25) is 4.79 Å². The van der Waals surface area contributed by atoms with Crippen LogP contribution in [0.25, 0.3) is 0 Å². The molecule has 3 N–H and O–H groups in total. The Bertz CT molecular complexity index is 496. The molecule has 0 aromatic heterocycles. The molecule has 7 heteroatoms. The molecule has 2 rings (SSSR count). The van der Waals surface area contributed by atoms with E-state index in [0.717, 1.165) is 12.1 Å². The minimum atomic E-state index is -0.565. The zero-order valence-electron chi connectivity index (χ0n) is 12.7. The van der Waals surface area contributed by atoms with Gasteiger partial charge in [-0.1, -0.05) is 13.3 Å². The predicted octanol–water partition coefficient (Wildman–Crippen LogP) is 2.15. The van der Waals surface area contributed by atoms with Crippen molar-refractivity contribution in [2.45, 2.75) is 25.8 Å². The van der Waals surface area contributed by atoms with E-state index in [0.29, 0.717) is 38.4 Å². The molecule has 124 valence electrons. The van der Waals surface area contributed by atoms with Crippen molar-refractivity contribution >= 4 is 29.7 Å². The SMILES string of the molecule is CCCC(N)C(=O)Nc1cc(F)cc(N2CCOCC2)c1.Cl. The molecular formula is C15H23ClFN3O2. The number of benzene rings is 1. The lowest BCUT2D eigenvalue weighted by molar-refractivity contribution is -0.117. The Morgan fingerprint density at radius 3 is 2.73 bits per heavy atom. The van der Waals surface area contributed by atoms with Crippen LogP contribution in [0, 0.1) is 5.82 Å². The van der Waals surface area contributed by atoms with Crippen LogP contribution in [0.2, 0.25) is 0 Å². The van der Waals surface area contributed by atoms with E-state index in [1.807, 2.05) is 11.8 Å². The highest BCUT2D eigenvalue weighted by atomic mass is 35.5. The van der Waals surface area contributed by atoms with Crippen molar-refractivity contribution in [1.29, 1.82) is 0 Å². The van der Waals surface area contributed by atoms with Crippen LogP contribution in [0.1, 0.15) is 19.8 Å². The minimum absolute atomic E-state index is 0. The van der Waals surface area contributed by atoms with Crippen LogP contribution >= 0.6 is 12.4 Å². The number of nitrogens with zero attached hydrogens (tertiary/aromatic N) is 1. The lowest BCUT2D eigenvalue weighted by Crippen LogP contribution is -2.37. The van der Waals surface area contributed by atoms with E-state index >= 15 is 0 Å².